The predicted octanol–water partition coefficient (Wildman–Crippen LogP) is 4.15. The lowest BCUT2D eigenvalue weighted by atomic mass is 10.2. The van der Waals surface area contributed by atoms with E-state index in [0.717, 1.165) is 15.7 Å². The molecule has 108 valence electrons. The van der Waals surface area contributed by atoms with Gasteiger partial charge in [-0.25, -0.2) is 0 Å². The smallest absolute Gasteiger partial charge is 0.280 e. The Morgan fingerprint density at radius 3 is 2.43 bits per heavy atom. The van der Waals surface area contributed by atoms with Crippen molar-refractivity contribution in [1.29, 1.82) is 0 Å². The summed E-state index contributed by atoms with van der Waals surface area (Å²) in [7, 11) is 0. The largest absolute Gasteiger partial charge is 0.435 e. The van der Waals surface area contributed by atoms with Crippen LogP contribution in [0.5, 0.6) is 5.75 Å². The van der Waals surface area contributed by atoms with Crippen LogP contribution in [0.1, 0.15) is 12.5 Å². The lowest BCUT2D eigenvalue weighted by molar-refractivity contribution is -0.111. The molecule has 21 heavy (non-hydrogen) atoms. The fourth-order valence-corrected chi connectivity index (χ4v) is 1.86. The highest BCUT2D eigenvalue weighted by Gasteiger charge is 2.09. The summed E-state index contributed by atoms with van der Waals surface area (Å²) in [5, 5.41) is 4.06. The van der Waals surface area contributed by atoms with E-state index in [9.17, 15) is 4.79 Å². The molecule has 0 aliphatic heterocycles. The van der Waals surface area contributed by atoms with Gasteiger partial charge in [-0.15, -0.1) is 5.10 Å². The first kappa shape index (κ1) is 15.3. The minimum Gasteiger partial charge on any atom is -0.435 e. The van der Waals surface area contributed by atoms with Crippen LogP contribution in [0.15, 0.2) is 58.1 Å². The number of anilines is 1. The van der Waals surface area contributed by atoms with Gasteiger partial charge in [-0.3, -0.25) is 10.2 Å². The highest BCUT2D eigenvalue weighted by molar-refractivity contribution is 9.10. The van der Waals surface area contributed by atoms with Crippen LogP contribution >= 0.6 is 15.9 Å². The Kier molecular flexibility index (Phi) is 5.11. The van der Waals surface area contributed by atoms with Gasteiger partial charge in [0, 0.05) is 11.4 Å². The maximum Gasteiger partial charge on any atom is 0.280 e. The minimum atomic E-state index is -0.251. The second-order valence-corrected chi connectivity index (χ2v) is 5.37. The molecule has 0 aliphatic rings. The molecule has 0 atom stereocenters. The molecule has 0 unspecified atom stereocenters. The molecule has 0 fully saturated rings. The van der Waals surface area contributed by atoms with Crippen molar-refractivity contribution in [3.05, 3.63) is 58.6 Å². The third-order valence-electron chi connectivity index (χ3n) is 2.75. The Morgan fingerprint density at radius 1 is 1.14 bits per heavy atom. The Morgan fingerprint density at radius 2 is 1.81 bits per heavy atom. The van der Waals surface area contributed by atoms with E-state index in [1.54, 1.807) is 12.1 Å². The van der Waals surface area contributed by atoms with E-state index >= 15 is 0 Å². The number of nitrogens with one attached hydrogen (secondary N) is 1. The monoisotopic (exact) mass is 346 g/mol. The number of carbonyl (C=O) groups excluding carboxylic acids is 1. The molecule has 2 rings (SSSR count). The zero-order valence-corrected chi connectivity index (χ0v) is 13.3. The summed E-state index contributed by atoms with van der Waals surface area (Å²) in [6, 6.07) is 14.9. The van der Waals surface area contributed by atoms with Crippen molar-refractivity contribution in [1.82, 2.24) is 0 Å². The van der Waals surface area contributed by atoms with Gasteiger partial charge in [0.15, 0.2) is 0 Å². The van der Waals surface area contributed by atoms with Crippen LogP contribution in [0.25, 0.3) is 0 Å². The number of halogens is 1. The van der Waals surface area contributed by atoms with E-state index < -0.39 is 0 Å². The Bertz CT molecular complexity index is 666. The molecule has 5 heteroatoms. The molecule has 0 saturated heterocycles. The zero-order valence-electron chi connectivity index (χ0n) is 11.8. The van der Waals surface area contributed by atoms with Gasteiger partial charge in [0.05, 0.1) is 5.69 Å². The lowest BCUT2D eigenvalue weighted by Crippen LogP contribution is -2.19. The number of hydrogen-bond donors (Lipinski definition) is 1. The third kappa shape index (κ3) is 4.43. The van der Waals surface area contributed by atoms with Crippen molar-refractivity contribution in [2.24, 2.45) is 5.10 Å². The van der Waals surface area contributed by atoms with Crippen LogP contribution in [0.2, 0.25) is 0 Å². The molecule has 0 radical (unpaired) electrons. The molecule has 0 spiro atoms. The summed E-state index contributed by atoms with van der Waals surface area (Å²) in [6.45, 7) is 3.37. The molecule has 0 heterocycles. The van der Waals surface area contributed by atoms with Gasteiger partial charge in [-0.2, -0.15) is 0 Å². The first-order valence-electron chi connectivity index (χ1n) is 6.40. The molecular formula is C16H15BrN2O2. The maximum atomic E-state index is 11.6. The second-order valence-electron chi connectivity index (χ2n) is 4.46. The Labute approximate surface area is 132 Å². The molecule has 0 amide bonds. The summed E-state index contributed by atoms with van der Waals surface area (Å²) in [4.78, 5) is 11.6. The van der Waals surface area contributed by atoms with Gasteiger partial charge in [-0.05, 0) is 42.8 Å². The number of ketones is 1. The molecule has 2 aromatic carbocycles. The summed E-state index contributed by atoms with van der Waals surface area (Å²) < 4.78 is 6.45. The number of hydrazone groups is 1. The van der Waals surface area contributed by atoms with Gasteiger partial charge in [-0.1, -0.05) is 34.1 Å². The van der Waals surface area contributed by atoms with Crippen LogP contribution < -0.4 is 10.2 Å². The molecule has 0 aliphatic carbocycles. The van der Waals surface area contributed by atoms with E-state index in [1.807, 2.05) is 43.3 Å². The highest BCUT2D eigenvalue weighted by atomic mass is 79.9. The lowest BCUT2D eigenvalue weighted by Gasteiger charge is -2.08. The van der Waals surface area contributed by atoms with Crippen LogP contribution in [0.4, 0.5) is 5.69 Å². The maximum absolute atomic E-state index is 11.6. The van der Waals surface area contributed by atoms with Gasteiger partial charge in [0.25, 0.3) is 5.90 Å². The second kappa shape index (κ2) is 7.04. The number of nitrogens with zero attached hydrogens (tertiary/aromatic N) is 1. The van der Waals surface area contributed by atoms with E-state index in [4.69, 9.17) is 4.74 Å². The predicted molar refractivity (Wildman–Crippen MR) is 87.7 cm³/mol. The summed E-state index contributed by atoms with van der Waals surface area (Å²) in [5.41, 5.74) is 4.72. The number of rotatable bonds is 4. The molecule has 0 bridgehead atoms. The standard InChI is InChI=1S/C16H15BrN2O2/c1-11-5-3-4-6-15(11)18-19-16(12(2)20)21-14-9-7-13(17)8-10-14/h3-10,18H,1-2H3/b19-16+. The number of carbonyl (C=O) groups is 1. The fraction of sp³-hybridized carbons (Fsp3) is 0.125. The van der Waals surface area contributed by atoms with Crippen molar-refractivity contribution in [3.8, 4) is 5.75 Å². The summed E-state index contributed by atoms with van der Waals surface area (Å²) in [6.07, 6.45) is 0. The van der Waals surface area contributed by atoms with E-state index in [1.165, 1.54) is 6.92 Å². The van der Waals surface area contributed by atoms with Crippen molar-refractivity contribution in [2.75, 3.05) is 5.43 Å². The highest BCUT2D eigenvalue weighted by Crippen LogP contribution is 2.17. The fourth-order valence-electron chi connectivity index (χ4n) is 1.60. The molecule has 2 aromatic rings. The average molecular weight is 347 g/mol. The van der Waals surface area contributed by atoms with E-state index in [-0.39, 0.29) is 11.7 Å². The zero-order chi connectivity index (χ0) is 15.2. The number of para-hydroxylation sites is 1. The first-order chi connectivity index (χ1) is 10.1. The van der Waals surface area contributed by atoms with Gasteiger partial charge in [0.2, 0.25) is 5.78 Å². The SMILES string of the molecule is CC(=O)/C(=N\Nc1ccccc1C)Oc1ccc(Br)cc1. The number of Topliss-reactive ketones (excluding diaryl/α,β-unsaturated/α-hetero) is 1. The average Bonchev–Trinajstić information content (AvgIpc) is 2.46. The van der Waals surface area contributed by atoms with Crippen LogP contribution in [-0.4, -0.2) is 11.7 Å². The van der Waals surface area contributed by atoms with E-state index in [0.29, 0.717) is 5.75 Å². The minimum absolute atomic E-state index is 0.0144. The molecular weight excluding hydrogens is 332 g/mol. The van der Waals surface area contributed by atoms with Crippen LogP contribution in [0, 0.1) is 6.92 Å². The number of benzene rings is 2. The Hall–Kier alpha value is -2.14. The summed E-state index contributed by atoms with van der Waals surface area (Å²) in [5.74, 6) is 0.318. The molecule has 0 saturated carbocycles. The molecule has 0 aromatic heterocycles. The quantitative estimate of drug-likeness (QED) is 0.514. The number of hydrogen-bond acceptors (Lipinski definition) is 4. The van der Waals surface area contributed by atoms with Crippen molar-refractivity contribution >= 4 is 33.3 Å². The Balaban J connectivity index is 2.15. The van der Waals surface area contributed by atoms with Crippen molar-refractivity contribution < 1.29 is 9.53 Å². The summed E-state index contributed by atoms with van der Waals surface area (Å²) >= 11 is 3.34. The third-order valence-corrected chi connectivity index (χ3v) is 3.28. The van der Waals surface area contributed by atoms with Gasteiger partial charge < -0.3 is 4.74 Å². The van der Waals surface area contributed by atoms with Crippen molar-refractivity contribution in [3.63, 3.8) is 0 Å². The van der Waals surface area contributed by atoms with E-state index in [2.05, 4.69) is 26.5 Å². The number of aryl methyl sites for hydroxylation is 1. The first-order valence-corrected chi connectivity index (χ1v) is 7.19. The van der Waals surface area contributed by atoms with Gasteiger partial charge >= 0.3 is 0 Å². The normalized spacial score (nSPS) is 11.1. The molecule has 1 N–H and O–H groups in total. The van der Waals surface area contributed by atoms with Crippen LogP contribution in [0.3, 0.4) is 0 Å². The van der Waals surface area contributed by atoms with Crippen LogP contribution in [-0.2, 0) is 4.79 Å². The number of ether oxygens (including phenoxy) is 1. The van der Waals surface area contributed by atoms with Gasteiger partial charge in [0.1, 0.15) is 5.75 Å². The molecule has 4 nitrogen and oxygen atoms in total. The topological polar surface area (TPSA) is 50.7 Å². The van der Waals surface area contributed by atoms with Crippen molar-refractivity contribution in [2.45, 2.75) is 13.8 Å².